The zero-order valence-corrected chi connectivity index (χ0v) is 12.7. The van der Waals surface area contributed by atoms with Crippen molar-refractivity contribution in [3.63, 3.8) is 0 Å². The highest BCUT2D eigenvalue weighted by atomic mass is 16.4. The monoisotopic (exact) mass is 313 g/mol. The van der Waals surface area contributed by atoms with Crippen LogP contribution in [-0.4, -0.2) is 26.8 Å². The van der Waals surface area contributed by atoms with Crippen LogP contribution < -0.4 is 5.32 Å². The van der Waals surface area contributed by atoms with Gasteiger partial charge < -0.3 is 10.4 Å². The first-order chi connectivity index (χ1) is 11.1. The molecule has 2 atom stereocenters. The predicted octanol–water partition coefficient (Wildman–Crippen LogP) is 2.70. The van der Waals surface area contributed by atoms with Gasteiger partial charge in [-0.3, -0.25) is 9.59 Å². The van der Waals surface area contributed by atoms with E-state index in [1.165, 1.54) is 0 Å². The minimum Gasteiger partial charge on any atom is -0.481 e. The average Bonchev–Trinajstić information content (AvgIpc) is 3.09. The second kappa shape index (κ2) is 6.64. The molecule has 1 heterocycles. The number of amides is 1. The topological polar surface area (TPSA) is 84.2 Å². The quantitative estimate of drug-likeness (QED) is 0.909. The lowest BCUT2D eigenvalue weighted by atomic mass is 9.81. The van der Waals surface area contributed by atoms with Crippen LogP contribution in [0.2, 0.25) is 0 Å². The number of aromatic nitrogens is 2. The Hall–Kier alpha value is -2.63. The first-order valence-corrected chi connectivity index (χ1v) is 7.78. The van der Waals surface area contributed by atoms with Crippen LogP contribution in [0.3, 0.4) is 0 Å². The first kappa shape index (κ1) is 15.3. The van der Waals surface area contributed by atoms with Crippen molar-refractivity contribution in [1.29, 1.82) is 0 Å². The van der Waals surface area contributed by atoms with Gasteiger partial charge in [0.1, 0.15) is 0 Å². The molecule has 0 bridgehead atoms. The van der Waals surface area contributed by atoms with E-state index in [1.807, 2.05) is 36.5 Å². The first-order valence-electron chi connectivity index (χ1n) is 7.78. The van der Waals surface area contributed by atoms with Crippen molar-refractivity contribution in [2.45, 2.75) is 25.7 Å². The Morgan fingerprint density at radius 2 is 1.96 bits per heavy atom. The number of carbonyl (C=O) groups is 2. The molecule has 0 saturated heterocycles. The molecule has 2 unspecified atom stereocenters. The van der Waals surface area contributed by atoms with E-state index in [4.69, 9.17) is 5.11 Å². The van der Waals surface area contributed by atoms with Gasteiger partial charge in [0.25, 0.3) is 0 Å². The zero-order chi connectivity index (χ0) is 16.2. The number of nitrogens with one attached hydrogen (secondary N) is 1. The van der Waals surface area contributed by atoms with Crippen LogP contribution in [0.25, 0.3) is 5.69 Å². The lowest BCUT2D eigenvalue weighted by molar-refractivity contribution is -0.143. The number of rotatable bonds is 4. The molecule has 1 saturated carbocycles. The van der Waals surface area contributed by atoms with Crippen LogP contribution in [0, 0.1) is 11.8 Å². The molecule has 1 aliphatic carbocycles. The molecule has 1 amide bonds. The fourth-order valence-corrected chi connectivity index (χ4v) is 3.08. The third-order valence-electron chi connectivity index (χ3n) is 4.31. The average molecular weight is 313 g/mol. The third-order valence-corrected chi connectivity index (χ3v) is 4.31. The number of carboxylic acids is 1. The maximum absolute atomic E-state index is 12.5. The van der Waals surface area contributed by atoms with Crippen molar-refractivity contribution in [3.8, 4) is 5.69 Å². The van der Waals surface area contributed by atoms with Gasteiger partial charge in [0.15, 0.2) is 0 Å². The molecule has 1 aliphatic rings. The van der Waals surface area contributed by atoms with Crippen LogP contribution in [0.15, 0.2) is 42.7 Å². The SMILES string of the molecule is O=C(O)C1CCCC(C(=O)Nc2ccccc2-n2cccn2)C1. The molecule has 0 aliphatic heterocycles. The summed E-state index contributed by atoms with van der Waals surface area (Å²) in [6.07, 6.45) is 6.06. The molecule has 1 aromatic heterocycles. The molecule has 1 fully saturated rings. The zero-order valence-electron chi connectivity index (χ0n) is 12.7. The largest absolute Gasteiger partial charge is 0.481 e. The fraction of sp³-hybridized carbons (Fsp3) is 0.353. The van der Waals surface area contributed by atoms with E-state index in [1.54, 1.807) is 10.9 Å². The molecule has 120 valence electrons. The van der Waals surface area contributed by atoms with Gasteiger partial charge in [-0.15, -0.1) is 0 Å². The summed E-state index contributed by atoms with van der Waals surface area (Å²) in [4.78, 5) is 23.7. The summed E-state index contributed by atoms with van der Waals surface area (Å²) in [5.74, 6) is -1.59. The Morgan fingerprint density at radius 3 is 2.70 bits per heavy atom. The number of hydrogen-bond acceptors (Lipinski definition) is 3. The fourth-order valence-electron chi connectivity index (χ4n) is 3.08. The van der Waals surface area contributed by atoms with Gasteiger partial charge in [-0.05, 0) is 37.5 Å². The Kier molecular flexibility index (Phi) is 4.41. The molecule has 0 radical (unpaired) electrons. The van der Waals surface area contributed by atoms with E-state index in [9.17, 15) is 9.59 Å². The molecule has 0 spiro atoms. The highest BCUT2D eigenvalue weighted by Gasteiger charge is 2.31. The number of benzene rings is 1. The Morgan fingerprint density at radius 1 is 1.17 bits per heavy atom. The number of carboxylic acid groups (broad SMARTS) is 1. The van der Waals surface area contributed by atoms with Crippen molar-refractivity contribution in [3.05, 3.63) is 42.7 Å². The third kappa shape index (κ3) is 3.41. The van der Waals surface area contributed by atoms with E-state index in [-0.39, 0.29) is 11.8 Å². The van der Waals surface area contributed by atoms with E-state index in [2.05, 4.69) is 10.4 Å². The molecule has 2 N–H and O–H groups in total. The molecule has 3 rings (SSSR count). The summed E-state index contributed by atoms with van der Waals surface area (Å²) >= 11 is 0. The summed E-state index contributed by atoms with van der Waals surface area (Å²) in [5.41, 5.74) is 1.47. The minimum atomic E-state index is -0.806. The van der Waals surface area contributed by atoms with Gasteiger partial charge in [-0.2, -0.15) is 5.10 Å². The van der Waals surface area contributed by atoms with E-state index < -0.39 is 11.9 Å². The summed E-state index contributed by atoms with van der Waals surface area (Å²) in [6.45, 7) is 0. The maximum Gasteiger partial charge on any atom is 0.306 e. The maximum atomic E-state index is 12.5. The lowest BCUT2D eigenvalue weighted by Gasteiger charge is -2.26. The smallest absolute Gasteiger partial charge is 0.306 e. The van der Waals surface area contributed by atoms with Crippen molar-refractivity contribution in [2.24, 2.45) is 11.8 Å². The standard InChI is InChI=1S/C17H19N3O3/c21-16(12-5-3-6-13(11-12)17(22)23)19-14-7-1-2-8-15(14)20-10-4-9-18-20/h1-2,4,7-10,12-13H,3,5-6,11H2,(H,19,21)(H,22,23). The van der Waals surface area contributed by atoms with E-state index in [0.29, 0.717) is 18.5 Å². The van der Waals surface area contributed by atoms with Gasteiger partial charge in [-0.25, -0.2) is 4.68 Å². The van der Waals surface area contributed by atoms with Crippen LogP contribution in [0.1, 0.15) is 25.7 Å². The number of nitrogens with zero attached hydrogens (tertiary/aromatic N) is 2. The normalized spacial score (nSPS) is 20.9. The molecular formula is C17H19N3O3. The number of aliphatic carboxylic acids is 1. The molecule has 23 heavy (non-hydrogen) atoms. The predicted molar refractivity (Wildman–Crippen MR) is 85.3 cm³/mol. The van der Waals surface area contributed by atoms with Crippen LogP contribution in [0.5, 0.6) is 0 Å². The highest BCUT2D eigenvalue weighted by molar-refractivity contribution is 5.94. The summed E-state index contributed by atoms with van der Waals surface area (Å²) < 4.78 is 1.69. The highest BCUT2D eigenvalue weighted by Crippen LogP contribution is 2.30. The number of para-hydroxylation sites is 2. The van der Waals surface area contributed by atoms with Crippen molar-refractivity contribution < 1.29 is 14.7 Å². The number of carbonyl (C=O) groups excluding carboxylic acids is 1. The van der Waals surface area contributed by atoms with Crippen molar-refractivity contribution in [1.82, 2.24) is 9.78 Å². The van der Waals surface area contributed by atoms with Gasteiger partial charge >= 0.3 is 5.97 Å². The molecule has 6 nitrogen and oxygen atoms in total. The van der Waals surface area contributed by atoms with Gasteiger partial charge in [0, 0.05) is 18.3 Å². The molecule has 2 aromatic rings. The van der Waals surface area contributed by atoms with Gasteiger partial charge in [0.05, 0.1) is 17.3 Å². The van der Waals surface area contributed by atoms with Crippen LogP contribution in [0.4, 0.5) is 5.69 Å². The molecule has 1 aromatic carbocycles. The van der Waals surface area contributed by atoms with Crippen LogP contribution in [-0.2, 0) is 9.59 Å². The van der Waals surface area contributed by atoms with Crippen LogP contribution >= 0.6 is 0 Å². The summed E-state index contributed by atoms with van der Waals surface area (Å²) in [5, 5.41) is 16.3. The Bertz CT molecular complexity index is 697. The second-order valence-corrected chi connectivity index (χ2v) is 5.86. The minimum absolute atomic E-state index is 0.115. The van der Waals surface area contributed by atoms with E-state index in [0.717, 1.165) is 18.5 Å². The molecule has 6 heteroatoms. The lowest BCUT2D eigenvalue weighted by Crippen LogP contribution is -2.31. The van der Waals surface area contributed by atoms with Crippen molar-refractivity contribution in [2.75, 3.05) is 5.32 Å². The summed E-state index contributed by atoms with van der Waals surface area (Å²) in [6, 6.07) is 9.25. The Labute approximate surface area is 134 Å². The number of anilines is 1. The van der Waals surface area contributed by atoms with Gasteiger partial charge in [-0.1, -0.05) is 18.6 Å². The molecular weight excluding hydrogens is 294 g/mol. The number of hydrogen-bond donors (Lipinski definition) is 2. The Balaban J connectivity index is 1.75. The van der Waals surface area contributed by atoms with E-state index >= 15 is 0 Å². The summed E-state index contributed by atoms with van der Waals surface area (Å²) in [7, 11) is 0. The van der Waals surface area contributed by atoms with Crippen molar-refractivity contribution >= 4 is 17.6 Å². The second-order valence-electron chi connectivity index (χ2n) is 5.86. The van der Waals surface area contributed by atoms with Gasteiger partial charge in [0.2, 0.25) is 5.91 Å².